The van der Waals surface area contributed by atoms with E-state index in [1.165, 1.54) is 26.4 Å². The quantitative estimate of drug-likeness (QED) is 0.726. The van der Waals surface area contributed by atoms with Crippen molar-refractivity contribution in [1.29, 1.82) is 0 Å². The molecule has 6 nitrogen and oxygen atoms in total. The van der Waals surface area contributed by atoms with Crippen molar-refractivity contribution in [1.82, 2.24) is 5.32 Å². The molecule has 0 heterocycles. The summed E-state index contributed by atoms with van der Waals surface area (Å²) in [6, 6.07) is 5.88. The summed E-state index contributed by atoms with van der Waals surface area (Å²) in [7, 11) is 3.04. The van der Waals surface area contributed by atoms with Crippen molar-refractivity contribution in [2.24, 2.45) is 5.73 Å². The summed E-state index contributed by atoms with van der Waals surface area (Å²) in [5.74, 6) is -0.783. The summed E-state index contributed by atoms with van der Waals surface area (Å²) in [4.78, 5) is 23.1. The van der Waals surface area contributed by atoms with E-state index in [2.05, 4.69) is 5.32 Å². The lowest BCUT2D eigenvalue weighted by Gasteiger charge is -2.24. The number of nitrogens with two attached hydrogens (primary N) is 1. The Bertz CT molecular complexity index is 455. The number of nitrogens with one attached hydrogen (secondary N) is 1. The first kappa shape index (κ1) is 16.1. The average Bonchev–Trinajstić information content (AvgIpc) is 2.47. The fourth-order valence-corrected chi connectivity index (χ4v) is 1.82. The van der Waals surface area contributed by atoms with Crippen LogP contribution in [0.5, 0.6) is 0 Å². The molecule has 0 aromatic heterocycles. The molecule has 0 aliphatic carbocycles. The fourth-order valence-electron chi connectivity index (χ4n) is 1.82. The predicted octanol–water partition coefficient (Wildman–Crippen LogP) is 0.913. The van der Waals surface area contributed by atoms with Crippen LogP contribution in [0.25, 0.3) is 0 Å². The van der Waals surface area contributed by atoms with Gasteiger partial charge in [0.2, 0.25) is 5.91 Å². The molecule has 1 aromatic carbocycles. The van der Waals surface area contributed by atoms with Gasteiger partial charge in [0.25, 0.3) is 5.91 Å². The summed E-state index contributed by atoms with van der Waals surface area (Å²) in [5, 5.41) is 2.83. The van der Waals surface area contributed by atoms with Crippen LogP contribution in [-0.4, -0.2) is 38.4 Å². The van der Waals surface area contributed by atoms with Crippen LogP contribution < -0.4 is 11.1 Å². The number of benzene rings is 1. The normalized spacial score (nSPS) is 12.2. The van der Waals surface area contributed by atoms with Crippen LogP contribution in [0.2, 0.25) is 0 Å². The van der Waals surface area contributed by atoms with Crippen molar-refractivity contribution in [2.45, 2.75) is 25.7 Å². The Morgan fingerprint density at radius 3 is 2.05 bits per heavy atom. The van der Waals surface area contributed by atoms with E-state index in [1.54, 1.807) is 12.1 Å². The minimum Gasteiger partial charge on any atom is -0.366 e. The highest BCUT2D eigenvalue weighted by Crippen LogP contribution is 2.08. The molecular formula is C14H20N2O4. The summed E-state index contributed by atoms with van der Waals surface area (Å²) in [5.41, 5.74) is 5.95. The van der Waals surface area contributed by atoms with Crippen molar-refractivity contribution >= 4 is 11.8 Å². The van der Waals surface area contributed by atoms with Gasteiger partial charge in [0.15, 0.2) is 6.29 Å². The number of hydrogen-bond acceptors (Lipinski definition) is 4. The zero-order chi connectivity index (χ0) is 15.1. The molecule has 6 heteroatoms. The average molecular weight is 280 g/mol. The lowest BCUT2D eigenvalue weighted by molar-refractivity contribution is -0.121. The number of amides is 2. The Morgan fingerprint density at radius 1 is 1.15 bits per heavy atom. The summed E-state index contributed by atoms with van der Waals surface area (Å²) < 4.78 is 10.3. The summed E-state index contributed by atoms with van der Waals surface area (Å²) in [6.07, 6.45) is 0.158. The molecule has 20 heavy (non-hydrogen) atoms. The first-order valence-corrected chi connectivity index (χ1v) is 6.29. The van der Waals surface area contributed by atoms with E-state index in [9.17, 15) is 9.59 Å². The number of rotatable bonds is 7. The third-order valence-corrected chi connectivity index (χ3v) is 2.98. The van der Waals surface area contributed by atoms with Crippen LogP contribution in [0, 0.1) is 0 Å². The molecule has 3 N–H and O–H groups in total. The van der Waals surface area contributed by atoms with Gasteiger partial charge in [-0.2, -0.15) is 0 Å². The molecule has 0 aliphatic rings. The second kappa shape index (κ2) is 7.62. The zero-order valence-corrected chi connectivity index (χ0v) is 11.9. The second-order valence-electron chi connectivity index (χ2n) is 4.27. The molecule has 0 unspecified atom stereocenters. The summed E-state index contributed by atoms with van der Waals surface area (Å²) >= 11 is 0. The molecule has 0 saturated carbocycles. The maximum absolute atomic E-state index is 12.1. The molecule has 0 saturated heterocycles. The highest BCUT2D eigenvalue weighted by atomic mass is 16.7. The smallest absolute Gasteiger partial charge is 0.251 e. The molecule has 1 aromatic rings. The van der Waals surface area contributed by atoms with Gasteiger partial charge >= 0.3 is 0 Å². The number of ether oxygens (including phenoxy) is 2. The molecule has 1 rings (SSSR count). The lowest BCUT2D eigenvalue weighted by Crippen LogP contribution is -2.44. The van der Waals surface area contributed by atoms with Crippen LogP contribution in [0.4, 0.5) is 0 Å². The molecule has 0 bridgehead atoms. The van der Waals surface area contributed by atoms with E-state index in [0.29, 0.717) is 17.5 Å². The number of primary amides is 1. The molecule has 0 fully saturated rings. The van der Waals surface area contributed by atoms with Crippen LogP contribution in [0.1, 0.15) is 34.1 Å². The Labute approximate surface area is 118 Å². The topological polar surface area (TPSA) is 90.7 Å². The van der Waals surface area contributed by atoms with Gasteiger partial charge in [0, 0.05) is 25.3 Å². The number of hydrogen-bond donors (Lipinski definition) is 2. The monoisotopic (exact) mass is 280 g/mol. The first-order valence-electron chi connectivity index (χ1n) is 6.29. The van der Waals surface area contributed by atoms with Gasteiger partial charge in [-0.25, -0.2) is 0 Å². The Kier molecular flexibility index (Phi) is 6.14. The molecular weight excluding hydrogens is 260 g/mol. The van der Waals surface area contributed by atoms with Gasteiger partial charge in [-0.3, -0.25) is 9.59 Å². The maximum Gasteiger partial charge on any atom is 0.251 e. The van der Waals surface area contributed by atoms with Gasteiger partial charge in [-0.15, -0.1) is 0 Å². The minimum absolute atomic E-state index is 0.256. The lowest BCUT2D eigenvalue weighted by atomic mass is 10.1. The largest absolute Gasteiger partial charge is 0.366 e. The van der Waals surface area contributed by atoms with Crippen molar-refractivity contribution in [3.8, 4) is 0 Å². The SMILES string of the molecule is CC[C@H](NC(=O)c1ccc(C(N)=O)cc1)C(OC)OC. The summed E-state index contributed by atoms with van der Waals surface area (Å²) in [6.45, 7) is 1.92. The van der Waals surface area contributed by atoms with Crippen molar-refractivity contribution in [2.75, 3.05) is 14.2 Å². The predicted molar refractivity (Wildman–Crippen MR) is 74.3 cm³/mol. The molecule has 1 atom stereocenters. The van der Waals surface area contributed by atoms with E-state index in [1.807, 2.05) is 6.92 Å². The standard InChI is InChI=1S/C14H20N2O4/c1-4-11(14(19-2)20-3)16-13(18)10-7-5-9(6-8-10)12(15)17/h5-8,11,14H,4H2,1-3H3,(H2,15,17)(H,16,18)/t11-/m0/s1. The van der Waals surface area contributed by atoms with Crippen molar-refractivity contribution in [3.05, 3.63) is 35.4 Å². The van der Waals surface area contributed by atoms with E-state index >= 15 is 0 Å². The fraction of sp³-hybridized carbons (Fsp3) is 0.429. The Hall–Kier alpha value is -1.92. The van der Waals surface area contributed by atoms with Gasteiger partial charge in [0.1, 0.15) is 0 Å². The number of methoxy groups -OCH3 is 2. The van der Waals surface area contributed by atoms with Crippen LogP contribution >= 0.6 is 0 Å². The third-order valence-electron chi connectivity index (χ3n) is 2.98. The van der Waals surface area contributed by atoms with Gasteiger partial charge in [-0.05, 0) is 30.7 Å². The molecule has 0 aliphatic heterocycles. The van der Waals surface area contributed by atoms with Gasteiger partial charge < -0.3 is 20.5 Å². The molecule has 0 spiro atoms. The van der Waals surface area contributed by atoms with E-state index in [-0.39, 0.29) is 11.9 Å². The van der Waals surface area contributed by atoms with Gasteiger partial charge in [-0.1, -0.05) is 6.92 Å². The maximum atomic E-state index is 12.1. The van der Waals surface area contributed by atoms with Crippen LogP contribution in [0.15, 0.2) is 24.3 Å². The van der Waals surface area contributed by atoms with Crippen molar-refractivity contribution < 1.29 is 19.1 Å². The highest BCUT2D eigenvalue weighted by Gasteiger charge is 2.21. The van der Waals surface area contributed by atoms with E-state index in [0.717, 1.165) is 0 Å². The zero-order valence-electron chi connectivity index (χ0n) is 11.9. The number of carbonyl (C=O) groups excluding carboxylic acids is 2. The van der Waals surface area contributed by atoms with Crippen molar-refractivity contribution in [3.63, 3.8) is 0 Å². The third kappa shape index (κ3) is 4.04. The highest BCUT2D eigenvalue weighted by molar-refractivity contribution is 5.97. The Morgan fingerprint density at radius 2 is 1.65 bits per heavy atom. The second-order valence-corrected chi connectivity index (χ2v) is 4.27. The molecule has 2 amide bonds. The van der Waals surface area contributed by atoms with Crippen LogP contribution in [-0.2, 0) is 9.47 Å². The molecule has 0 radical (unpaired) electrons. The molecule has 110 valence electrons. The minimum atomic E-state index is -0.526. The number of carbonyl (C=O) groups is 2. The van der Waals surface area contributed by atoms with E-state index < -0.39 is 12.2 Å². The Balaban J connectivity index is 2.76. The van der Waals surface area contributed by atoms with Crippen LogP contribution in [0.3, 0.4) is 0 Å². The van der Waals surface area contributed by atoms with E-state index in [4.69, 9.17) is 15.2 Å². The first-order chi connectivity index (χ1) is 9.53. The van der Waals surface area contributed by atoms with Gasteiger partial charge in [0.05, 0.1) is 6.04 Å².